The van der Waals surface area contributed by atoms with Gasteiger partial charge in [-0.25, -0.2) is 9.97 Å². The van der Waals surface area contributed by atoms with Crippen molar-refractivity contribution >= 4 is 23.1 Å². The van der Waals surface area contributed by atoms with Crippen molar-refractivity contribution in [1.29, 1.82) is 0 Å². The Morgan fingerprint density at radius 3 is 2.78 bits per heavy atom. The highest BCUT2D eigenvalue weighted by Gasteiger charge is 2.08. The van der Waals surface area contributed by atoms with Crippen LogP contribution in [-0.4, -0.2) is 22.9 Å². The van der Waals surface area contributed by atoms with E-state index in [-0.39, 0.29) is 5.91 Å². The molecule has 0 saturated heterocycles. The summed E-state index contributed by atoms with van der Waals surface area (Å²) in [7, 11) is 1.75. The van der Waals surface area contributed by atoms with Gasteiger partial charge in [-0.15, -0.1) is 11.3 Å². The topological polar surface area (TPSA) is 66.9 Å². The number of rotatable bonds is 4. The third-order valence-corrected chi connectivity index (χ3v) is 3.54. The molecule has 5 nitrogen and oxygen atoms in total. The predicted molar refractivity (Wildman–Crippen MR) is 71.8 cm³/mol. The molecule has 94 valence electrons. The van der Waals surface area contributed by atoms with Gasteiger partial charge in [0.15, 0.2) is 0 Å². The van der Waals surface area contributed by atoms with Gasteiger partial charge in [0.05, 0.1) is 18.9 Å². The number of hydrogen-bond donors (Lipinski definition) is 2. The summed E-state index contributed by atoms with van der Waals surface area (Å²) in [6.45, 7) is 2.55. The van der Waals surface area contributed by atoms with E-state index in [1.165, 1.54) is 18.0 Å². The molecule has 0 aromatic carbocycles. The third kappa shape index (κ3) is 2.84. The maximum atomic E-state index is 11.8. The van der Waals surface area contributed by atoms with Gasteiger partial charge in [0.25, 0.3) is 5.91 Å². The molecule has 0 fully saturated rings. The van der Waals surface area contributed by atoms with E-state index >= 15 is 0 Å². The SMILES string of the molecule is CNc1cnc(C(=O)NCc2sccc2C)cn1. The van der Waals surface area contributed by atoms with E-state index in [1.54, 1.807) is 18.4 Å². The van der Waals surface area contributed by atoms with Crippen LogP contribution in [0.25, 0.3) is 0 Å². The lowest BCUT2D eigenvalue weighted by Crippen LogP contribution is -2.23. The number of nitrogens with zero attached hydrogens (tertiary/aromatic N) is 2. The number of anilines is 1. The minimum atomic E-state index is -0.210. The standard InChI is InChI=1S/C12H14N4OS/c1-8-3-4-18-10(8)6-16-12(17)9-5-15-11(13-2)7-14-9/h3-5,7H,6H2,1-2H3,(H,13,15)(H,16,17). The van der Waals surface area contributed by atoms with Crippen LogP contribution < -0.4 is 10.6 Å². The van der Waals surface area contributed by atoms with Gasteiger partial charge in [0.1, 0.15) is 11.5 Å². The molecule has 2 aromatic heterocycles. The van der Waals surface area contributed by atoms with Crippen LogP contribution in [0.4, 0.5) is 5.82 Å². The van der Waals surface area contributed by atoms with Crippen LogP contribution in [0.15, 0.2) is 23.8 Å². The molecule has 0 atom stereocenters. The van der Waals surface area contributed by atoms with Crippen molar-refractivity contribution in [3.63, 3.8) is 0 Å². The minimum absolute atomic E-state index is 0.210. The number of hydrogen-bond acceptors (Lipinski definition) is 5. The van der Waals surface area contributed by atoms with Crippen molar-refractivity contribution in [3.05, 3.63) is 40.0 Å². The third-order valence-electron chi connectivity index (χ3n) is 2.52. The molecule has 6 heteroatoms. The first-order valence-electron chi connectivity index (χ1n) is 5.51. The van der Waals surface area contributed by atoms with E-state index in [0.717, 1.165) is 4.88 Å². The summed E-state index contributed by atoms with van der Waals surface area (Å²) in [6, 6.07) is 2.04. The fourth-order valence-electron chi connectivity index (χ4n) is 1.41. The lowest BCUT2D eigenvalue weighted by molar-refractivity contribution is 0.0946. The van der Waals surface area contributed by atoms with Crippen LogP contribution in [-0.2, 0) is 6.54 Å². The lowest BCUT2D eigenvalue weighted by Gasteiger charge is -2.04. The highest BCUT2D eigenvalue weighted by Crippen LogP contribution is 2.14. The Bertz CT molecular complexity index is 535. The Balaban J connectivity index is 1.97. The Morgan fingerprint density at radius 2 is 2.22 bits per heavy atom. The van der Waals surface area contributed by atoms with E-state index in [0.29, 0.717) is 18.1 Å². The quantitative estimate of drug-likeness (QED) is 0.882. The van der Waals surface area contributed by atoms with Gasteiger partial charge < -0.3 is 10.6 Å². The number of nitrogens with one attached hydrogen (secondary N) is 2. The molecule has 0 aliphatic carbocycles. The monoisotopic (exact) mass is 262 g/mol. The Labute approximate surface area is 109 Å². The molecule has 2 N–H and O–H groups in total. The largest absolute Gasteiger partial charge is 0.372 e. The van der Waals surface area contributed by atoms with Crippen LogP contribution in [0.1, 0.15) is 20.9 Å². The molecule has 2 rings (SSSR count). The van der Waals surface area contributed by atoms with Crippen LogP contribution in [0.5, 0.6) is 0 Å². The van der Waals surface area contributed by atoms with Crippen LogP contribution >= 0.6 is 11.3 Å². The predicted octanol–water partition coefficient (Wildman–Crippen LogP) is 1.82. The first-order chi connectivity index (χ1) is 8.70. The summed E-state index contributed by atoms with van der Waals surface area (Å²) in [5, 5.41) is 7.69. The molecule has 0 radical (unpaired) electrons. The van der Waals surface area contributed by atoms with Crippen molar-refractivity contribution in [2.75, 3.05) is 12.4 Å². The van der Waals surface area contributed by atoms with Crippen molar-refractivity contribution in [3.8, 4) is 0 Å². The van der Waals surface area contributed by atoms with Crippen LogP contribution in [0, 0.1) is 6.92 Å². The Hall–Kier alpha value is -1.95. The maximum absolute atomic E-state index is 11.8. The fourth-order valence-corrected chi connectivity index (χ4v) is 2.26. The number of aryl methyl sites for hydroxylation is 1. The fraction of sp³-hybridized carbons (Fsp3) is 0.250. The molecule has 0 saturated carbocycles. The molecule has 0 aliphatic heterocycles. The van der Waals surface area contributed by atoms with E-state index in [2.05, 4.69) is 20.6 Å². The smallest absolute Gasteiger partial charge is 0.271 e. The van der Waals surface area contributed by atoms with E-state index in [4.69, 9.17) is 0 Å². The molecule has 0 spiro atoms. The zero-order valence-corrected chi connectivity index (χ0v) is 11.0. The average molecular weight is 262 g/mol. The van der Waals surface area contributed by atoms with Gasteiger partial charge in [-0.3, -0.25) is 4.79 Å². The maximum Gasteiger partial charge on any atom is 0.271 e. The highest BCUT2D eigenvalue weighted by molar-refractivity contribution is 7.10. The number of thiophene rings is 1. The molecule has 0 bridgehead atoms. The number of carbonyl (C=O) groups excluding carboxylic acids is 1. The van der Waals surface area contributed by atoms with E-state index in [1.807, 2.05) is 18.4 Å². The molecule has 2 aromatic rings. The molecule has 2 heterocycles. The van der Waals surface area contributed by atoms with Gasteiger partial charge in [0, 0.05) is 11.9 Å². The van der Waals surface area contributed by atoms with Crippen LogP contribution in [0.2, 0.25) is 0 Å². The molecule has 0 unspecified atom stereocenters. The van der Waals surface area contributed by atoms with E-state index in [9.17, 15) is 4.79 Å². The van der Waals surface area contributed by atoms with Crippen molar-refractivity contribution in [2.45, 2.75) is 13.5 Å². The van der Waals surface area contributed by atoms with Crippen molar-refractivity contribution < 1.29 is 4.79 Å². The zero-order chi connectivity index (χ0) is 13.0. The molecular formula is C12H14N4OS. The first kappa shape index (κ1) is 12.5. The minimum Gasteiger partial charge on any atom is -0.372 e. The molecule has 0 aliphatic rings. The number of carbonyl (C=O) groups is 1. The highest BCUT2D eigenvalue weighted by atomic mass is 32.1. The van der Waals surface area contributed by atoms with Gasteiger partial charge >= 0.3 is 0 Å². The number of aromatic nitrogens is 2. The summed E-state index contributed by atoms with van der Waals surface area (Å²) in [5.41, 5.74) is 1.51. The first-order valence-corrected chi connectivity index (χ1v) is 6.39. The van der Waals surface area contributed by atoms with Crippen LogP contribution in [0.3, 0.4) is 0 Å². The molecule has 18 heavy (non-hydrogen) atoms. The van der Waals surface area contributed by atoms with Crippen molar-refractivity contribution in [2.24, 2.45) is 0 Å². The second-order valence-corrected chi connectivity index (χ2v) is 4.75. The lowest BCUT2D eigenvalue weighted by atomic mass is 10.3. The van der Waals surface area contributed by atoms with Gasteiger partial charge in [-0.1, -0.05) is 0 Å². The number of amides is 1. The van der Waals surface area contributed by atoms with Gasteiger partial charge in [-0.2, -0.15) is 0 Å². The average Bonchev–Trinajstić information content (AvgIpc) is 2.81. The summed E-state index contributed by atoms with van der Waals surface area (Å²) >= 11 is 1.63. The second-order valence-electron chi connectivity index (χ2n) is 3.75. The van der Waals surface area contributed by atoms with Crippen molar-refractivity contribution in [1.82, 2.24) is 15.3 Å². The summed E-state index contributed by atoms with van der Waals surface area (Å²) in [6.07, 6.45) is 2.99. The van der Waals surface area contributed by atoms with Gasteiger partial charge in [-0.05, 0) is 23.9 Å². The normalized spacial score (nSPS) is 10.1. The molecule has 1 amide bonds. The second kappa shape index (κ2) is 5.59. The zero-order valence-electron chi connectivity index (χ0n) is 10.2. The summed E-state index contributed by atoms with van der Waals surface area (Å²) in [4.78, 5) is 21.1. The van der Waals surface area contributed by atoms with E-state index < -0.39 is 0 Å². The van der Waals surface area contributed by atoms with Gasteiger partial charge in [0.2, 0.25) is 0 Å². The Morgan fingerprint density at radius 1 is 1.39 bits per heavy atom. The summed E-state index contributed by atoms with van der Waals surface area (Å²) in [5.74, 6) is 0.429. The Kier molecular flexibility index (Phi) is 3.88. The summed E-state index contributed by atoms with van der Waals surface area (Å²) < 4.78 is 0. The molecular weight excluding hydrogens is 248 g/mol.